The maximum Gasteiger partial charge on any atom is 0.253 e. The van der Waals surface area contributed by atoms with E-state index < -0.39 is 0 Å². The van der Waals surface area contributed by atoms with Gasteiger partial charge in [-0.25, -0.2) is 9.37 Å². The second-order valence-electron chi connectivity index (χ2n) is 7.33. The molecule has 27 heavy (non-hydrogen) atoms. The van der Waals surface area contributed by atoms with Crippen molar-refractivity contribution in [3.05, 3.63) is 53.5 Å². The minimum absolute atomic E-state index is 0.0619. The van der Waals surface area contributed by atoms with Crippen molar-refractivity contribution >= 4 is 17.4 Å². The zero-order chi connectivity index (χ0) is 18.6. The highest BCUT2D eigenvalue weighted by Crippen LogP contribution is 2.42. The van der Waals surface area contributed by atoms with Crippen LogP contribution in [0.2, 0.25) is 0 Å². The molecule has 4 rings (SSSR count). The zero-order valence-corrected chi connectivity index (χ0v) is 15.2. The van der Waals surface area contributed by atoms with Gasteiger partial charge in [-0.1, -0.05) is 6.07 Å². The number of hydrogen-bond acceptors (Lipinski definition) is 4. The SMILES string of the molecule is O=C(NCC1CCOCC1)c1cnc(Nc2cccc(F)c2)cc1C1CC1. The smallest absolute Gasteiger partial charge is 0.253 e. The number of rotatable bonds is 6. The summed E-state index contributed by atoms with van der Waals surface area (Å²) in [7, 11) is 0. The van der Waals surface area contributed by atoms with Gasteiger partial charge in [0.25, 0.3) is 5.91 Å². The molecule has 0 unspecified atom stereocenters. The summed E-state index contributed by atoms with van der Waals surface area (Å²) < 4.78 is 18.7. The molecule has 2 N–H and O–H groups in total. The molecule has 1 saturated heterocycles. The lowest BCUT2D eigenvalue weighted by atomic mass is 10.00. The minimum Gasteiger partial charge on any atom is -0.381 e. The predicted molar refractivity (Wildman–Crippen MR) is 102 cm³/mol. The van der Waals surface area contributed by atoms with Gasteiger partial charge in [-0.2, -0.15) is 0 Å². The summed E-state index contributed by atoms with van der Waals surface area (Å²) in [5.74, 6) is 1.15. The topological polar surface area (TPSA) is 63.2 Å². The third-order valence-corrected chi connectivity index (χ3v) is 5.19. The molecule has 0 spiro atoms. The number of nitrogens with zero attached hydrogens (tertiary/aromatic N) is 1. The number of carbonyl (C=O) groups excluding carboxylic acids is 1. The third kappa shape index (κ3) is 4.63. The van der Waals surface area contributed by atoms with Crippen LogP contribution in [0, 0.1) is 11.7 Å². The molecule has 2 heterocycles. The van der Waals surface area contributed by atoms with Crippen molar-refractivity contribution < 1.29 is 13.9 Å². The van der Waals surface area contributed by atoms with Crippen molar-refractivity contribution in [1.82, 2.24) is 10.3 Å². The Kier molecular flexibility index (Phi) is 5.34. The first-order valence-electron chi connectivity index (χ1n) is 9.57. The molecule has 0 radical (unpaired) electrons. The summed E-state index contributed by atoms with van der Waals surface area (Å²) in [4.78, 5) is 17.1. The van der Waals surface area contributed by atoms with Crippen LogP contribution in [0.4, 0.5) is 15.9 Å². The summed E-state index contributed by atoms with van der Waals surface area (Å²) in [5.41, 5.74) is 2.31. The van der Waals surface area contributed by atoms with Gasteiger partial charge in [0, 0.05) is 31.6 Å². The molecule has 0 bridgehead atoms. The minimum atomic E-state index is -0.300. The number of nitrogens with one attached hydrogen (secondary N) is 2. The number of pyridine rings is 1. The summed E-state index contributed by atoms with van der Waals surface area (Å²) in [6, 6.07) is 8.19. The van der Waals surface area contributed by atoms with Crippen LogP contribution in [0.1, 0.15) is 47.5 Å². The first kappa shape index (κ1) is 17.9. The average Bonchev–Trinajstić information content (AvgIpc) is 3.52. The van der Waals surface area contributed by atoms with Gasteiger partial charge in [-0.05, 0) is 67.3 Å². The molecular weight excluding hydrogens is 345 g/mol. The molecular formula is C21H24FN3O2. The van der Waals surface area contributed by atoms with Crippen molar-refractivity contribution in [2.24, 2.45) is 5.92 Å². The van der Waals surface area contributed by atoms with Crippen molar-refractivity contribution in [2.75, 3.05) is 25.1 Å². The molecule has 1 aliphatic carbocycles. The van der Waals surface area contributed by atoms with Crippen LogP contribution in [-0.2, 0) is 4.74 Å². The van der Waals surface area contributed by atoms with Gasteiger partial charge in [0.1, 0.15) is 11.6 Å². The van der Waals surface area contributed by atoms with Gasteiger partial charge in [0.2, 0.25) is 0 Å². The Balaban J connectivity index is 1.46. The first-order valence-corrected chi connectivity index (χ1v) is 9.57. The fourth-order valence-electron chi connectivity index (χ4n) is 3.46. The van der Waals surface area contributed by atoms with E-state index >= 15 is 0 Å². The van der Waals surface area contributed by atoms with E-state index in [0.717, 1.165) is 44.5 Å². The van der Waals surface area contributed by atoms with Gasteiger partial charge in [-0.3, -0.25) is 4.79 Å². The molecule has 2 fully saturated rings. The lowest BCUT2D eigenvalue weighted by Crippen LogP contribution is -2.32. The summed E-state index contributed by atoms with van der Waals surface area (Å²) in [6.07, 6.45) is 5.79. The van der Waals surface area contributed by atoms with Crippen LogP contribution in [0.15, 0.2) is 36.5 Å². The Labute approximate surface area is 158 Å². The predicted octanol–water partition coefficient (Wildman–Crippen LogP) is 4.00. The summed E-state index contributed by atoms with van der Waals surface area (Å²) >= 11 is 0. The molecule has 1 aromatic heterocycles. The van der Waals surface area contributed by atoms with E-state index in [1.807, 2.05) is 6.07 Å². The quantitative estimate of drug-likeness (QED) is 0.808. The zero-order valence-electron chi connectivity index (χ0n) is 15.2. The van der Waals surface area contributed by atoms with Crippen LogP contribution in [0.5, 0.6) is 0 Å². The lowest BCUT2D eigenvalue weighted by molar-refractivity contribution is 0.0642. The Bertz CT molecular complexity index is 817. The molecule has 0 atom stereocenters. The molecule has 2 aromatic rings. The van der Waals surface area contributed by atoms with Crippen molar-refractivity contribution in [3.8, 4) is 0 Å². The second-order valence-corrected chi connectivity index (χ2v) is 7.33. The molecule has 1 saturated carbocycles. The average molecular weight is 369 g/mol. The molecule has 2 aliphatic rings. The van der Waals surface area contributed by atoms with Crippen LogP contribution in [0.25, 0.3) is 0 Å². The van der Waals surface area contributed by atoms with E-state index in [-0.39, 0.29) is 11.7 Å². The molecule has 1 amide bonds. The Morgan fingerprint density at radius 1 is 1.19 bits per heavy atom. The van der Waals surface area contributed by atoms with Gasteiger partial charge in [0.05, 0.1) is 5.56 Å². The molecule has 1 aliphatic heterocycles. The van der Waals surface area contributed by atoms with E-state index in [2.05, 4.69) is 15.6 Å². The molecule has 6 heteroatoms. The van der Waals surface area contributed by atoms with Crippen molar-refractivity contribution in [1.29, 1.82) is 0 Å². The number of benzene rings is 1. The van der Waals surface area contributed by atoms with E-state index in [9.17, 15) is 9.18 Å². The third-order valence-electron chi connectivity index (χ3n) is 5.19. The van der Waals surface area contributed by atoms with Gasteiger partial charge in [-0.15, -0.1) is 0 Å². The van der Waals surface area contributed by atoms with Gasteiger partial charge >= 0.3 is 0 Å². The van der Waals surface area contributed by atoms with Gasteiger partial charge < -0.3 is 15.4 Å². The fraction of sp³-hybridized carbons (Fsp3) is 0.429. The van der Waals surface area contributed by atoms with E-state index in [4.69, 9.17) is 4.74 Å². The Hall–Kier alpha value is -2.47. The Morgan fingerprint density at radius 2 is 2.00 bits per heavy atom. The largest absolute Gasteiger partial charge is 0.381 e. The first-order chi connectivity index (χ1) is 13.2. The lowest BCUT2D eigenvalue weighted by Gasteiger charge is -2.22. The van der Waals surface area contributed by atoms with Crippen LogP contribution in [0.3, 0.4) is 0 Å². The van der Waals surface area contributed by atoms with E-state index in [1.165, 1.54) is 12.1 Å². The monoisotopic (exact) mass is 369 g/mol. The molecule has 1 aromatic carbocycles. The highest BCUT2D eigenvalue weighted by Gasteiger charge is 2.29. The number of amides is 1. The normalized spacial score (nSPS) is 17.5. The van der Waals surface area contributed by atoms with E-state index in [0.29, 0.717) is 35.4 Å². The number of anilines is 2. The summed E-state index contributed by atoms with van der Waals surface area (Å²) in [6.45, 7) is 2.22. The highest BCUT2D eigenvalue weighted by molar-refractivity contribution is 5.96. The highest BCUT2D eigenvalue weighted by atomic mass is 19.1. The maximum atomic E-state index is 13.4. The number of ether oxygens (including phenoxy) is 1. The number of halogens is 1. The van der Waals surface area contributed by atoms with Crippen molar-refractivity contribution in [3.63, 3.8) is 0 Å². The second kappa shape index (κ2) is 8.05. The number of aromatic nitrogens is 1. The van der Waals surface area contributed by atoms with Crippen LogP contribution in [-0.4, -0.2) is 30.6 Å². The Morgan fingerprint density at radius 3 is 2.74 bits per heavy atom. The van der Waals surface area contributed by atoms with Crippen LogP contribution >= 0.6 is 0 Å². The van der Waals surface area contributed by atoms with Gasteiger partial charge in [0.15, 0.2) is 0 Å². The maximum absolute atomic E-state index is 13.4. The van der Waals surface area contributed by atoms with E-state index in [1.54, 1.807) is 18.3 Å². The molecule has 5 nitrogen and oxygen atoms in total. The number of carbonyl (C=O) groups is 1. The standard InChI is InChI=1S/C21H24FN3O2/c22-16-2-1-3-17(10-16)25-20-11-18(15-4-5-15)19(13-23-20)21(26)24-12-14-6-8-27-9-7-14/h1-3,10-11,13-15H,4-9,12H2,(H,23,25)(H,24,26). The van der Waals surface area contributed by atoms with Crippen LogP contribution < -0.4 is 10.6 Å². The molecule has 142 valence electrons. The van der Waals surface area contributed by atoms with Crippen molar-refractivity contribution in [2.45, 2.75) is 31.6 Å². The fourth-order valence-corrected chi connectivity index (χ4v) is 3.46. The number of hydrogen-bond donors (Lipinski definition) is 2. The summed E-state index contributed by atoms with van der Waals surface area (Å²) in [5, 5.41) is 6.18.